The molecule has 0 aliphatic carbocycles. The summed E-state index contributed by atoms with van der Waals surface area (Å²) in [7, 11) is 3.02. The van der Waals surface area contributed by atoms with E-state index in [1.54, 1.807) is 36.4 Å². The van der Waals surface area contributed by atoms with E-state index < -0.39 is 17.9 Å². The molecule has 1 aromatic heterocycles. The molecule has 1 saturated heterocycles. The van der Waals surface area contributed by atoms with Crippen molar-refractivity contribution in [3.05, 3.63) is 82.8 Å². The Labute approximate surface area is 243 Å². The third kappa shape index (κ3) is 8.02. The maximum absolute atomic E-state index is 13.8. The molecule has 2 heterocycles. The first-order chi connectivity index (χ1) is 19.9. The van der Waals surface area contributed by atoms with Crippen LogP contribution >= 0.6 is 11.6 Å². The number of methoxy groups -OCH3 is 2. The highest BCUT2D eigenvalue weighted by atomic mass is 35.5. The Kier molecular flexibility index (Phi) is 10.6. The summed E-state index contributed by atoms with van der Waals surface area (Å²) in [5.41, 5.74) is 1.45. The van der Waals surface area contributed by atoms with Crippen LogP contribution in [0.4, 0.5) is 0 Å². The molecule has 0 saturated carbocycles. The molecule has 1 fully saturated rings. The van der Waals surface area contributed by atoms with E-state index in [2.05, 4.69) is 10.6 Å². The number of carbonyl (C=O) groups excluding carboxylic acids is 3. The van der Waals surface area contributed by atoms with Crippen LogP contribution in [-0.2, 0) is 20.7 Å². The van der Waals surface area contributed by atoms with E-state index in [1.165, 1.54) is 31.4 Å². The molecule has 0 spiro atoms. The summed E-state index contributed by atoms with van der Waals surface area (Å²) in [6.07, 6.45) is 3.51. The molecule has 0 unspecified atom stereocenters. The highest BCUT2D eigenvalue weighted by molar-refractivity contribution is 6.30. The molecular formula is C30H34ClN3O7. The molecule has 10 nitrogen and oxygen atoms in total. The van der Waals surface area contributed by atoms with Gasteiger partial charge in [0.05, 0.1) is 33.1 Å². The molecule has 3 amide bonds. The summed E-state index contributed by atoms with van der Waals surface area (Å²) in [6.45, 7) is 0.810. The Bertz CT molecular complexity index is 1310. The van der Waals surface area contributed by atoms with Crippen LogP contribution in [-0.4, -0.2) is 69.2 Å². The lowest BCUT2D eigenvalue weighted by Crippen LogP contribution is -2.49. The number of ether oxygens (including phenoxy) is 3. The molecule has 0 radical (unpaired) electrons. The molecular weight excluding hydrogens is 550 g/mol. The summed E-state index contributed by atoms with van der Waals surface area (Å²) in [6, 6.07) is 14.4. The molecule has 1 aliphatic rings. The monoisotopic (exact) mass is 583 g/mol. The summed E-state index contributed by atoms with van der Waals surface area (Å²) >= 11 is 6.05. The predicted octanol–water partition coefficient (Wildman–Crippen LogP) is 3.79. The molecule has 11 heteroatoms. The van der Waals surface area contributed by atoms with Crippen LogP contribution < -0.4 is 20.1 Å². The molecule has 2 N–H and O–H groups in total. The molecule has 4 rings (SSSR count). The third-order valence-electron chi connectivity index (χ3n) is 6.83. The van der Waals surface area contributed by atoms with Crippen molar-refractivity contribution in [2.24, 2.45) is 0 Å². The van der Waals surface area contributed by atoms with Crippen LogP contribution in [0.3, 0.4) is 0 Å². The van der Waals surface area contributed by atoms with Crippen molar-refractivity contribution in [1.82, 2.24) is 15.5 Å². The minimum Gasteiger partial charge on any atom is -0.493 e. The quantitative estimate of drug-likeness (QED) is 0.314. The molecule has 2 atom stereocenters. The van der Waals surface area contributed by atoms with E-state index in [4.69, 9.17) is 30.2 Å². The van der Waals surface area contributed by atoms with Crippen LogP contribution in [0.2, 0.25) is 5.02 Å². The first-order valence-corrected chi connectivity index (χ1v) is 13.7. The average molecular weight is 584 g/mol. The second-order valence-corrected chi connectivity index (χ2v) is 9.96. The third-order valence-corrected chi connectivity index (χ3v) is 7.08. The first kappa shape index (κ1) is 30.0. The number of halogens is 1. The van der Waals surface area contributed by atoms with Gasteiger partial charge in [-0.25, -0.2) is 0 Å². The van der Waals surface area contributed by atoms with Gasteiger partial charge in [-0.3, -0.25) is 14.4 Å². The summed E-state index contributed by atoms with van der Waals surface area (Å²) in [5, 5.41) is 6.16. The average Bonchev–Trinajstić information content (AvgIpc) is 3.72. The Morgan fingerprint density at radius 3 is 2.49 bits per heavy atom. The Morgan fingerprint density at radius 2 is 1.83 bits per heavy atom. The van der Waals surface area contributed by atoms with Crippen molar-refractivity contribution in [2.45, 2.75) is 31.4 Å². The van der Waals surface area contributed by atoms with Crippen LogP contribution in [0, 0.1) is 0 Å². The van der Waals surface area contributed by atoms with Crippen molar-refractivity contribution in [3.8, 4) is 11.5 Å². The van der Waals surface area contributed by atoms with Crippen molar-refractivity contribution in [2.75, 3.05) is 40.5 Å². The fraction of sp³-hybridized carbons (Fsp3) is 0.367. The van der Waals surface area contributed by atoms with E-state index in [-0.39, 0.29) is 30.9 Å². The van der Waals surface area contributed by atoms with E-state index in [0.29, 0.717) is 41.7 Å². The number of carbonyl (C=O) groups is 3. The van der Waals surface area contributed by atoms with Crippen LogP contribution in [0.25, 0.3) is 0 Å². The van der Waals surface area contributed by atoms with Crippen LogP contribution in [0.1, 0.15) is 40.6 Å². The molecule has 0 bridgehead atoms. The van der Waals surface area contributed by atoms with Gasteiger partial charge in [-0.1, -0.05) is 29.8 Å². The highest BCUT2D eigenvalue weighted by Crippen LogP contribution is 2.32. The number of benzene rings is 2. The SMILES string of the molecule is COc1ccc([C@@H](C(=O)NC[C@@H]2CCCO2)N(CCc2ccc(Cl)cc2)C(=O)CNC(=O)c2ccco2)cc1OC. The molecule has 1 aliphatic heterocycles. The van der Waals surface area contributed by atoms with Crippen LogP contribution in [0.15, 0.2) is 65.3 Å². The second kappa shape index (κ2) is 14.6. The lowest BCUT2D eigenvalue weighted by atomic mass is 10.0. The fourth-order valence-corrected chi connectivity index (χ4v) is 4.79. The van der Waals surface area contributed by atoms with E-state index in [0.717, 1.165) is 18.4 Å². The van der Waals surface area contributed by atoms with Gasteiger partial charge in [0.1, 0.15) is 6.04 Å². The maximum Gasteiger partial charge on any atom is 0.287 e. The number of amides is 3. The largest absolute Gasteiger partial charge is 0.493 e. The Morgan fingerprint density at radius 1 is 1.05 bits per heavy atom. The minimum atomic E-state index is -1.03. The number of hydrogen-bond acceptors (Lipinski definition) is 7. The van der Waals surface area contributed by atoms with Crippen LogP contribution in [0.5, 0.6) is 11.5 Å². The topological polar surface area (TPSA) is 119 Å². The lowest BCUT2D eigenvalue weighted by molar-refractivity contribution is -0.140. The minimum absolute atomic E-state index is 0.0799. The Balaban J connectivity index is 1.64. The van der Waals surface area contributed by atoms with Crippen molar-refractivity contribution in [3.63, 3.8) is 0 Å². The fourth-order valence-electron chi connectivity index (χ4n) is 4.66. The molecule has 2 aromatic carbocycles. The van der Waals surface area contributed by atoms with Gasteiger partial charge < -0.3 is 34.2 Å². The zero-order valence-electron chi connectivity index (χ0n) is 23.1. The summed E-state index contributed by atoms with van der Waals surface area (Å²) in [4.78, 5) is 41.5. The van der Waals surface area contributed by atoms with Crippen molar-refractivity contribution < 1.29 is 33.0 Å². The van der Waals surface area contributed by atoms with E-state index in [1.807, 2.05) is 12.1 Å². The van der Waals surface area contributed by atoms with E-state index >= 15 is 0 Å². The number of hydrogen-bond donors (Lipinski definition) is 2. The van der Waals surface area contributed by atoms with Gasteiger partial charge in [-0.05, 0) is 66.8 Å². The number of furan rings is 1. The second-order valence-electron chi connectivity index (χ2n) is 9.52. The molecule has 218 valence electrons. The number of nitrogens with one attached hydrogen (secondary N) is 2. The summed E-state index contributed by atoms with van der Waals surface area (Å²) < 4.78 is 21.7. The van der Waals surface area contributed by atoms with Gasteiger partial charge in [0.25, 0.3) is 5.91 Å². The Hall–Kier alpha value is -4.02. The van der Waals surface area contributed by atoms with Crippen molar-refractivity contribution >= 4 is 29.3 Å². The normalized spacial score (nSPS) is 15.1. The predicted molar refractivity (Wildman–Crippen MR) is 152 cm³/mol. The number of nitrogens with zero attached hydrogens (tertiary/aromatic N) is 1. The first-order valence-electron chi connectivity index (χ1n) is 13.4. The van der Waals surface area contributed by atoms with Gasteiger partial charge in [-0.15, -0.1) is 0 Å². The molecule has 3 aromatic rings. The summed E-state index contributed by atoms with van der Waals surface area (Å²) in [5.74, 6) is -0.388. The van der Waals surface area contributed by atoms with E-state index in [9.17, 15) is 14.4 Å². The smallest absolute Gasteiger partial charge is 0.287 e. The maximum atomic E-state index is 13.8. The zero-order chi connectivity index (χ0) is 29.2. The van der Waals surface area contributed by atoms with Gasteiger partial charge in [0, 0.05) is 24.7 Å². The zero-order valence-corrected chi connectivity index (χ0v) is 23.8. The highest BCUT2D eigenvalue weighted by Gasteiger charge is 2.33. The standard InChI is InChI=1S/C30H34ClN3O7/c1-38-24-12-9-21(17-26(24)39-2)28(30(37)32-18-23-5-3-15-40-23)34(14-13-20-7-10-22(31)11-8-20)27(35)19-33-29(36)25-6-4-16-41-25/h4,6-12,16-17,23,28H,3,5,13-15,18-19H2,1-2H3,(H,32,37)(H,33,36)/t23-,28-/m0/s1. The van der Waals surface area contributed by atoms with Crippen molar-refractivity contribution in [1.29, 1.82) is 0 Å². The van der Waals surface area contributed by atoms with Gasteiger partial charge in [0.15, 0.2) is 17.3 Å². The van der Waals surface area contributed by atoms with Gasteiger partial charge >= 0.3 is 0 Å². The lowest BCUT2D eigenvalue weighted by Gasteiger charge is -2.32. The number of rotatable bonds is 13. The molecule has 41 heavy (non-hydrogen) atoms. The van der Waals surface area contributed by atoms with Gasteiger partial charge in [0.2, 0.25) is 11.8 Å². The van der Waals surface area contributed by atoms with Gasteiger partial charge in [-0.2, -0.15) is 0 Å².